The molecule has 1 unspecified atom stereocenters. The third-order valence-corrected chi connectivity index (χ3v) is 5.38. The van der Waals surface area contributed by atoms with Crippen molar-refractivity contribution in [1.82, 2.24) is 19.6 Å². The Balaban J connectivity index is 1.52. The van der Waals surface area contributed by atoms with Gasteiger partial charge >= 0.3 is 0 Å². The van der Waals surface area contributed by atoms with E-state index in [-0.39, 0.29) is 11.9 Å². The van der Waals surface area contributed by atoms with Crippen molar-refractivity contribution in [2.75, 3.05) is 32.7 Å². The fourth-order valence-corrected chi connectivity index (χ4v) is 3.69. The van der Waals surface area contributed by atoms with Crippen molar-refractivity contribution in [3.63, 3.8) is 0 Å². The molecule has 1 atom stereocenters. The largest absolute Gasteiger partial charge is 0.466 e. The second-order valence-electron chi connectivity index (χ2n) is 7.88. The Hall–Kier alpha value is -2.08. The van der Waals surface area contributed by atoms with E-state index in [1.807, 2.05) is 28.6 Å². The fourth-order valence-electron chi connectivity index (χ4n) is 3.69. The molecule has 1 fully saturated rings. The average molecular weight is 373 g/mol. The zero-order chi connectivity index (χ0) is 19.4. The smallest absolute Gasteiger partial charge is 0.272 e. The summed E-state index contributed by atoms with van der Waals surface area (Å²) >= 11 is 0. The van der Waals surface area contributed by atoms with E-state index in [2.05, 4.69) is 36.8 Å². The van der Waals surface area contributed by atoms with Crippen molar-refractivity contribution in [3.8, 4) is 0 Å². The van der Waals surface area contributed by atoms with Gasteiger partial charge in [0.05, 0.1) is 0 Å². The Kier molecular flexibility index (Phi) is 6.37. The first-order valence-electron chi connectivity index (χ1n) is 10.1. The van der Waals surface area contributed by atoms with E-state index in [1.54, 1.807) is 6.20 Å². The van der Waals surface area contributed by atoms with Gasteiger partial charge in [-0.05, 0) is 64.9 Å². The van der Waals surface area contributed by atoms with Crippen molar-refractivity contribution >= 4 is 5.91 Å². The lowest BCUT2D eigenvalue weighted by Crippen LogP contribution is -2.36. The van der Waals surface area contributed by atoms with Crippen molar-refractivity contribution in [3.05, 3.63) is 41.6 Å². The highest BCUT2D eigenvalue weighted by molar-refractivity contribution is 5.92. The highest BCUT2D eigenvalue weighted by atomic mass is 16.3. The van der Waals surface area contributed by atoms with Crippen LogP contribution in [0, 0.1) is 6.92 Å². The third kappa shape index (κ3) is 4.80. The van der Waals surface area contributed by atoms with Gasteiger partial charge in [-0.25, -0.2) is 0 Å². The molecule has 0 radical (unpaired) electrons. The van der Waals surface area contributed by atoms with E-state index >= 15 is 0 Å². The Labute approximate surface area is 162 Å². The molecule has 0 bridgehead atoms. The number of aromatic nitrogens is 2. The first-order valence-corrected chi connectivity index (χ1v) is 10.1. The van der Waals surface area contributed by atoms with Crippen LogP contribution in [-0.4, -0.2) is 58.2 Å². The molecule has 0 saturated carbocycles. The number of carbonyl (C=O) groups is 1. The minimum absolute atomic E-state index is 0.0995. The Morgan fingerprint density at radius 2 is 1.96 bits per heavy atom. The molecule has 3 heterocycles. The maximum Gasteiger partial charge on any atom is 0.272 e. The van der Waals surface area contributed by atoms with Gasteiger partial charge in [-0.15, -0.1) is 0 Å². The molecule has 1 amide bonds. The zero-order valence-corrected chi connectivity index (χ0v) is 17.0. The van der Waals surface area contributed by atoms with Crippen LogP contribution in [0.5, 0.6) is 0 Å². The predicted molar refractivity (Wildman–Crippen MR) is 106 cm³/mol. The summed E-state index contributed by atoms with van der Waals surface area (Å²) in [5.74, 6) is 2.56. The maximum atomic E-state index is 12.9. The van der Waals surface area contributed by atoms with Gasteiger partial charge < -0.3 is 14.2 Å². The topological polar surface area (TPSA) is 54.5 Å². The quantitative estimate of drug-likeness (QED) is 0.776. The second-order valence-corrected chi connectivity index (χ2v) is 7.88. The van der Waals surface area contributed by atoms with Gasteiger partial charge in [0.2, 0.25) is 0 Å². The molecule has 1 aliphatic rings. The van der Waals surface area contributed by atoms with Gasteiger partial charge in [0.25, 0.3) is 5.91 Å². The minimum Gasteiger partial charge on any atom is -0.466 e. The normalized spacial score (nSPS) is 17.3. The van der Waals surface area contributed by atoms with Crippen LogP contribution in [0.25, 0.3) is 0 Å². The average Bonchev–Trinajstić information content (AvgIpc) is 3.23. The SMILES string of the molecule is Cc1ccc(C(C)CCN2CCCN(C(=O)c3ccnn3C(C)C)CC2)o1. The number of amides is 1. The van der Waals surface area contributed by atoms with Gasteiger partial charge in [-0.2, -0.15) is 5.10 Å². The number of hydrogen-bond acceptors (Lipinski definition) is 4. The summed E-state index contributed by atoms with van der Waals surface area (Å²) in [6.07, 6.45) is 3.80. The van der Waals surface area contributed by atoms with E-state index in [9.17, 15) is 4.79 Å². The van der Waals surface area contributed by atoms with Crippen LogP contribution in [0.15, 0.2) is 28.8 Å². The van der Waals surface area contributed by atoms with Crippen LogP contribution in [0.1, 0.15) is 67.6 Å². The van der Waals surface area contributed by atoms with Crippen LogP contribution in [0.3, 0.4) is 0 Å². The standard InChI is InChI=1S/C21H32N4O2/c1-16(2)25-19(8-10-22-25)21(26)24-12-5-11-23(14-15-24)13-9-17(3)20-7-6-18(4)27-20/h6-8,10,16-17H,5,9,11-15H2,1-4H3. The fraction of sp³-hybridized carbons (Fsp3) is 0.619. The van der Waals surface area contributed by atoms with Gasteiger partial charge in [0, 0.05) is 37.8 Å². The lowest BCUT2D eigenvalue weighted by molar-refractivity contribution is 0.0746. The van der Waals surface area contributed by atoms with E-state index in [1.165, 1.54) is 0 Å². The van der Waals surface area contributed by atoms with Crippen molar-refractivity contribution in [1.29, 1.82) is 0 Å². The molecule has 148 valence electrons. The molecule has 3 rings (SSSR count). The number of furan rings is 1. The number of hydrogen-bond donors (Lipinski definition) is 0. The molecule has 27 heavy (non-hydrogen) atoms. The van der Waals surface area contributed by atoms with E-state index in [4.69, 9.17) is 4.42 Å². The summed E-state index contributed by atoms with van der Waals surface area (Å²) in [7, 11) is 0. The van der Waals surface area contributed by atoms with Crippen molar-refractivity contribution in [2.24, 2.45) is 0 Å². The number of rotatable bonds is 6. The van der Waals surface area contributed by atoms with Crippen LogP contribution >= 0.6 is 0 Å². The second kappa shape index (κ2) is 8.74. The van der Waals surface area contributed by atoms with E-state index in [0.29, 0.717) is 11.6 Å². The van der Waals surface area contributed by atoms with Gasteiger partial charge in [-0.3, -0.25) is 9.48 Å². The summed E-state index contributed by atoms with van der Waals surface area (Å²) in [5.41, 5.74) is 0.695. The highest BCUT2D eigenvalue weighted by Gasteiger charge is 2.23. The van der Waals surface area contributed by atoms with Gasteiger partial charge in [-0.1, -0.05) is 6.92 Å². The summed E-state index contributed by atoms with van der Waals surface area (Å²) in [6.45, 7) is 12.9. The monoisotopic (exact) mass is 372 g/mol. The molecular weight excluding hydrogens is 340 g/mol. The van der Waals surface area contributed by atoms with E-state index in [0.717, 1.165) is 57.1 Å². The molecule has 0 aliphatic carbocycles. The lowest BCUT2D eigenvalue weighted by Gasteiger charge is -2.23. The number of carbonyl (C=O) groups excluding carboxylic acids is 1. The zero-order valence-electron chi connectivity index (χ0n) is 17.0. The summed E-state index contributed by atoms with van der Waals surface area (Å²) < 4.78 is 7.57. The molecule has 0 N–H and O–H groups in total. The van der Waals surface area contributed by atoms with E-state index < -0.39 is 0 Å². The van der Waals surface area contributed by atoms with Gasteiger partial charge in [0.15, 0.2) is 0 Å². The minimum atomic E-state index is 0.0995. The molecule has 1 aliphatic heterocycles. The molecular formula is C21H32N4O2. The van der Waals surface area contributed by atoms with Crippen molar-refractivity contribution < 1.29 is 9.21 Å². The van der Waals surface area contributed by atoms with Crippen LogP contribution in [0.2, 0.25) is 0 Å². The molecule has 0 aromatic carbocycles. The predicted octanol–water partition coefficient (Wildman–Crippen LogP) is 3.71. The number of nitrogens with zero attached hydrogens (tertiary/aromatic N) is 4. The molecule has 6 heteroatoms. The summed E-state index contributed by atoms with van der Waals surface area (Å²) in [4.78, 5) is 17.4. The molecule has 0 spiro atoms. The maximum absolute atomic E-state index is 12.9. The number of aryl methyl sites for hydroxylation is 1. The van der Waals surface area contributed by atoms with Gasteiger partial charge in [0.1, 0.15) is 17.2 Å². The van der Waals surface area contributed by atoms with Crippen molar-refractivity contribution in [2.45, 2.75) is 52.5 Å². The highest BCUT2D eigenvalue weighted by Crippen LogP contribution is 2.22. The Morgan fingerprint density at radius 1 is 1.15 bits per heavy atom. The Bertz CT molecular complexity index is 749. The Morgan fingerprint density at radius 3 is 2.67 bits per heavy atom. The van der Waals surface area contributed by atoms with Crippen LogP contribution in [-0.2, 0) is 0 Å². The van der Waals surface area contributed by atoms with Crippen LogP contribution in [0.4, 0.5) is 0 Å². The lowest BCUT2D eigenvalue weighted by atomic mass is 10.0. The molecule has 6 nitrogen and oxygen atoms in total. The summed E-state index contributed by atoms with van der Waals surface area (Å²) in [6, 6.07) is 6.14. The molecule has 2 aromatic heterocycles. The molecule has 1 saturated heterocycles. The first-order chi connectivity index (χ1) is 13.0. The third-order valence-electron chi connectivity index (χ3n) is 5.38. The first kappa shape index (κ1) is 19.7. The van der Waals surface area contributed by atoms with Crippen LogP contribution < -0.4 is 0 Å². The summed E-state index contributed by atoms with van der Waals surface area (Å²) in [5, 5.41) is 4.30. The molecule has 2 aromatic rings.